The van der Waals surface area contributed by atoms with Crippen LogP contribution < -0.4 is 9.47 Å². The summed E-state index contributed by atoms with van der Waals surface area (Å²) in [5, 5.41) is 0.610. The number of methoxy groups -OCH3 is 1. The first-order valence-electron chi connectivity index (χ1n) is 10.1. The molecule has 0 N–H and O–H groups in total. The van der Waals surface area contributed by atoms with Crippen LogP contribution in [0.25, 0.3) is 10.2 Å². The molecule has 2 aromatic carbocycles. The Balaban J connectivity index is 1.25. The number of hydrogen-bond acceptors (Lipinski definition) is 6. The van der Waals surface area contributed by atoms with Crippen LogP contribution >= 0.6 is 11.3 Å². The molecule has 0 atom stereocenters. The second-order valence-corrected chi connectivity index (χ2v) is 8.35. The third-order valence-corrected chi connectivity index (χ3v) is 6.44. The predicted molar refractivity (Wildman–Crippen MR) is 116 cm³/mol. The van der Waals surface area contributed by atoms with E-state index in [0.29, 0.717) is 5.01 Å². The van der Waals surface area contributed by atoms with E-state index >= 15 is 0 Å². The van der Waals surface area contributed by atoms with Crippen LogP contribution in [0.2, 0.25) is 0 Å². The number of ether oxygens (including phenoxy) is 2. The molecule has 0 bridgehead atoms. The van der Waals surface area contributed by atoms with Gasteiger partial charge in [0.1, 0.15) is 17.0 Å². The molecule has 0 radical (unpaired) electrons. The van der Waals surface area contributed by atoms with E-state index in [1.807, 2.05) is 48.5 Å². The standard InChI is InChI=1S/C23H26N2O3S/c1-27-19-9-5-10-20-21(19)24-23(29-20)22(26)17-11-14-25(15-12-17)13-6-16-28-18-7-3-2-4-8-18/h2-5,7-10,17H,6,11-16H2,1H3. The average molecular weight is 411 g/mol. The zero-order chi connectivity index (χ0) is 20.1. The quantitative estimate of drug-likeness (QED) is 0.399. The van der Waals surface area contributed by atoms with Gasteiger partial charge < -0.3 is 14.4 Å². The minimum absolute atomic E-state index is 0.0679. The maximum atomic E-state index is 13.0. The van der Waals surface area contributed by atoms with E-state index in [0.717, 1.165) is 67.2 Å². The molecule has 0 amide bonds. The lowest BCUT2D eigenvalue weighted by Gasteiger charge is -2.30. The summed E-state index contributed by atoms with van der Waals surface area (Å²) in [4.78, 5) is 20.0. The highest BCUT2D eigenvalue weighted by Gasteiger charge is 2.28. The highest BCUT2D eigenvalue weighted by molar-refractivity contribution is 7.20. The van der Waals surface area contributed by atoms with Gasteiger partial charge in [0.25, 0.3) is 0 Å². The number of carbonyl (C=O) groups excluding carboxylic acids is 1. The molecule has 5 nitrogen and oxygen atoms in total. The van der Waals surface area contributed by atoms with Crippen LogP contribution in [0.4, 0.5) is 0 Å². The van der Waals surface area contributed by atoms with Crippen molar-refractivity contribution in [2.75, 3.05) is 33.4 Å². The summed E-state index contributed by atoms with van der Waals surface area (Å²) in [6, 6.07) is 15.7. The Kier molecular flexibility index (Phi) is 6.42. The number of nitrogens with zero attached hydrogens (tertiary/aromatic N) is 2. The second-order valence-electron chi connectivity index (χ2n) is 7.32. The van der Waals surface area contributed by atoms with E-state index in [1.165, 1.54) is 11.3 Å². The van der Waals surface area contributed by atoms with Crippen molar-refractivity contribution >= 4 is 27.3 Å². The number of Topliss-reactive ketones (excluding diaryl/α,β-unsaturated/α-hetero) is 1. The van der Waals surface area contributed by atoms with Gasteiger partial charge in [0.05, 0.1) is 18.4 Å². The molecule has 2 heterocycles. The zero-order valence-corrected chi connectivity index (χ0v) is 17.5. The highest BCUT2D eigenvalue weighted by Crippen LogP contribution is 2.32. The van der Waals surface area contributed by atoms with E-state index in [4.69, 9.17) is 9.47 Å². The van der Waals surface area contributed by atoms with E-state index in [-0.39, 0.29) is 11.7 Å². The molecule has 1 fully saturated rings. The molecule has 1 saturated heterocycles. The molecule has 1 aliphatic heterocycles. The fourth-order valence-corrected chi connectivity index (χ4v) is 4.78. The molecule has 152 valence electrons. The number of ketones is 1. The Morgan fingerprint density at radius 2 is 1.93 bits per heavy atom. The normalized spacial score (nSPS) is 15.5. The third-order valence-electron chi connectivity index (χ3n) is 5.40. The number of thiazole rings is 1. The molecule has 0 saturated carbocycles. The number of aromatic nitrogens is 1. The van der Waals surface area contributed by atoms with Crippen molar-refractivity contribution in [3.8, 4) is 11.5 Å². The smallest absolute Gasteiger partial charge is 0.194 e. The van der Waals surface area contributed by atoms with Gasteiger partial charge in [0.15, 0.2) is 10.8 Å². The molecule has 0 aliphatic carbocycles. The number of likely N-dealkylation sites (tertiary alicyclic amines) is 1. The second kappa shape index (κ2) is 9.37. The van der Waals surface area contributed by atoms with Crippen molar-refractivity contribution in [2.45, 2.75) is 19.3 Å². The van der Waals surface area contributed by atoms with E-state index in [1.54, 1.807) is 7.11 Å². The predicted octanol–water partition coefficient (Wildman–Crippen LogP) is 4.67. The molecule has 0 spiro atoms. The SMILES string of the molecule is COc1cccc2sc(C(=O)C3CCN(CCCOc4ccccc4)CC3)nc12. The summed E-state index contributed by atoms with van der Waals surface area (Å²) in [5.74, 6) is 1.90. The lowest BCUT2D eigenvalue weighted by molar-refractivity contribution is 0.0835. The Bertz CT molecular complexity index is 949. The molecule has 6 heteroatoms. The van der Waals surface area contributed by atoms with Crippen LogP contribution in [0.5, 0.6) is 11.5 Å². The molecule has 29 heavy (non-hydrogen) atoms. The van der Waals surface area contributed by atoms with Gasteiger partial charge in [-0.2, -0.15) is 0 Å². The van der Waals surface area contributed by atoms with Crippen molar-refractivity contribution in [1.82, 2.24) is 9.88 Å². The van der Waals surface area contributed by atoms with Gasteiger partial charge in [-0.05, 0) is 56.6 Å². The van der Waals surface area contributed by atoms with Crippen LogP contribution in [-0.4, -0.2) is 49.0 Å². The number of benzene rings is 2. The molecule has 4 rings (SSSR count). The molecule has 1 aliphatic rings. The maximum Gasteiger partial charge on any atom is 0.194 e. The fourth-order valence-electron chi connectivity index (χ4n) is 3.78. The monoisotopic (exact) mass is 410 g/mol. The lowest BCUT2D eigenvalue weighted by atomic mass is 9.92. The Morgan fingerprint density at radius 3 is 2.69 bits per heavy atom. The summed E-state index contributed by atoms with van der Waals surface area (Å²) in [6.07, 6.45) is 2.78. The highest BCUT2D eigenvalue weighted by atomic mass is 32.1. The molecular formula is C23H26N2O3S. The summed E-state index contributed by atoms with van der Waals surface area (Å²) in [6.45, 7) is 3.63. The van der Waals surface area contributed by atoms with Crippen molar-refractivity contribution in [2.24, 2.45) is 5.92 Å². The minimum atomic E-state index is 0.0679. The van der Waals surface area contributed by atoms with Crippen LogP contribution in [0, 0.1) is 5.92 Å². The topological polar surface area (TPSA) is 51.7 Å². The van der Waals surface area contributed by atoms with Crippen molar-refractivity contribution < 1.29 is 14.3 Å². The van der Waals surface area contributed by atoms with E-state index < -0.39 is 0 Å². The van der Waals surface area contributed by atoms with Gasteiger partial charge in [-0.15, -0.1) is 11.3 Å². The van der Waals surface area contributed by atoms with Gasteiger partial charge >= 0.3 is 0 Å². The Hall–Kier alpha value is -2.44. The first-order chi connectivity index (χ1) is 14.2. The summed E-state index contributed by atoms with van der Waals surface area (Å²) in [7, 11) is 1.64. The molecule has 3 aromatic rings. The molecule has 1 aromatic heterocycles. The van der Waals surface area contributed by atoms with Crippen molar-refractivity contribution in [1.29, 1.82) is 0 Å². The lowest BCUT2D eigenvalue weighted by Crippen LogP contribution is -2.37. The van der Waals surface area contributed by atoms with Gasteiger partial charge in [-0.1, -0.05) is 24.3 Å². The number of piperidine rings is 1. The molecule has 0 unspecified atom stereocenters. The third kappa shape index (κ3) is 4.77. The number of rotatable bonds is 8. The fraction of sp³-hybridized carbons (Fsp3) is 0.391. The summed E-state index contributed by atoms with van der Waals surface area (Å²) in [5.41, 5.74) is 0.791. The van der Waals surface area contributed by atoms with Gasteiger partial charge in [0, 0.05) is 12.5 Å². The van der Waals surface area contributed by atoms with Crippen molar-refractivity contribution in [3.05, 3.63) is 53.5 Å². The van der Waals surface area contributed by atoms with Crippen LogP contribution in [0.15, 0.2) is 48.5 Å². The zero-order valence-electron chi connectivity index (χ0n) is 16.7. The van der Waals surface area contributed by atoms with Crippen LogP contribution in [0.3, 0.4) is 0 Å². The van der Waals surface area contributed by atoms with Crippen LogP contribution in [-0.2, 0) is 0 Å². The minimum Gasteiger partial charge on any atom is -0.494 e. The van der Waals surface area contributed by atoms with Gasteiger partial charge in [0.2, 0.25) is 0 Å². The van der Waals surface area contributed by atoms with Crippen molar-refractivity contribution in [3.63, 3.8) is 0 Å². The maximum absolute atomic E-state index is 13.0. The first kappa shape index (κ1) is 19.9. The first-order valence-corrected chi connectivity index (χ1v) is 10.9. The van der Waals surface area contributed by atoms with E-state index in [9.17, 15) is 4.79 Å². The van der Waals surface area contributed by atoms with Gasteiger partial charge in [-0.25, -0.2) is 4.98 Å². The number of para-hydroxylation sites is 2. The van der Waals surface area contributed by atoms with E-state index in [2.05, 4.69) is 9.88 Å². The summed E-state index contributed by atoms with van der Waals surface area (Å²) >= 11 is 1.47. The Morgan fingerprint density at radius 1 is 1.14 bits per heavy atom. The number of carbonyl (C=O) groups is 1. The average Bonchev–Trinajstić information content (AvgIpc) is 3.22. The Labute approximate surface area is 175 Å². The summed E-state index contributed by atoms with van der Waals surface area (Å²) < 4.78 is 12.1. The number of hydrogen-bond donors (Lipinski definition) is 0. The van der Waals surface area contributed by atoms with Crippen LogP contribution in [0.1, 0.15) is 29.1 Å². The largest absolute Gasteiger partial charge is 0.494 e. The molecular weight excluding hydrogens is 384 g/mol. The van der Waals surface area contributed by atoms with Gasteiger partial charge in [-0.3, -0.25) is 4.79 Å². The number of fused-ring (bicyclic) bond motifs is 1.